The van der Waals surface area contributed by atoms with Gasteiger partial charge in [-0.25, -0.2) is 25.4 Å². The molecule has 0 aliphatic carbocycles. The summed E-state index contributed by atoms with van der Waals surface area (Å²) in [5.74, 6) is 0.368. The molecule has 2 fully saturated rings. The monoisotopic (exact) mass is 1140 g/mol. The number of carboxylic acids is 1. The van der Waals surface area contributed by atoms with Crippen LogP contribution in [0.2, 0.25) is 0 Å². The van der Waals surface area contributed by atoms with Gasteiger partial charge in [-0.05, 0) is 49.1 Å². The molecule has 80 heavy (non-hydrogen) atoms. The van der Waals surface area contributed by atoms with Gasteiger partial charge in [0.15, 0.2) is 29.0 Å². The molecule has 30 heteroatoms. The van der Waals surface area contributed by atoms with Gasteiger partial charge in [0.2, 0.25) is 12.2 Å². The van der Waals surface area contributed by atoms with Crippen LogP contribution in [0.25, 0.3) is 0 Å². The summed E-state index contributed by atoms with van der Waals surface area (Å²) >= 11 is 1.04. The predicted octanol–water partition coefficient (Wildman–Crippen LogP) is -0.194. The summed E-state index contributed by atoms with van der Waals surface area (Å²) in [7, 11) is 2.93. The van der Waals surface area contributed by atoms with Gasteiger partial charge in [-0.3, -0.25) is 29.3 Å². The molecule has 5 heterocycles. The van der Waals surface area contributed by atoms with Crippen LogP contribution < -0.4 is 46.3 Å². The second-order valence-corrected chi connectivity index (χ2v) is 19.1. The Morgan fingerprint density at radius 2 is 1.68 bits per heavy atom. The maximum absolute atomic E-state index is 14.4. The van der Waals surface area contributed by atoms with Gasteiger partial charge in [0, 0.05) is 57.4 Å². The summed E-state index contributed by atoms with van der Waals surface area (Å²) in [5, 5.41) is 73.9. The number of nitrogens with two attached hydrogens (primary N) is 1. The summed E-state index contributed by atoms with van der Waals surface area (Å²) in [4.78, 5) is 103. The summed E-state index contributed by atoms with van der Waals surface area (Å²) in [5.41, 5.74) is 0.916. The number of nitrogens with zero attached hydrogens (tertiary/aromatic N) is 4. The molecule has 3 aliphatic rings. The molecule has 2 saturated heterocycles. The van der Waals surface area contributed by atoms with E-state index in [1.54, 1.807) is 7.05 Å². The van der Waals surface area contributed by atoms with Gasteiger partial charge < -0.3 is 89.3 Å². The standard InChI is InChI=1S/C50H61N9O20S/c1-25-16-33-46(69)59(50(72)76-23-26-7-8-34(29(17-26)42(65)53-10-13-74-14-15-77-51)78-48-40(64)38(62)39(63)41(79-48)47(70)71)31-20-36(35(73-3)19-28(31)45(68)58(33)21-25)75-12-4-6-37(61)54-27-18-32(57(2)22-27)44(67)56-49-55-30(24-80-49)43(66)52-9-5-11-60/h7-8,17-20,22,24,33,38-41,46,48,60,62-64,69H,1,4-6,9-16,21,23,51H2,2-3H3,(H,52,66)(H,53,65)(H,54,61)(H,70,71)(H,55,56,67)/t33-,38-,39-,40+,41-,46?,48+/m0/s1. The van der Waals surface area contributed by atoms with E-state index in [9.17, 15) is 59.1 Å². The van der Waals surface area contributed by atoms with Crippen molar-refractivity contribution in [3.05, 3.63) is 88.2 Å². The Labute approximate surface area is 459 Å². The molecule has 6 amide bonds. The lowest BCUT2D eigenvalue weighted by molar-refractivity contribution is -0.271. The number of benzene rings is 2. The maximum atomic E-state index is 14.4. The lowest BCUT2D eigenvalue weighted by Gasteiger charge is -2.38. The second-order valence-electron chi connectivity index (χ2n) is 18.3. The van der Waals surface area contributed by atoms with Crippen LogP contribution in [0.4, 0.5) is 21.3 Å². The van der Waals surface area contributed by atoms with E-state index in [-0.39, 0.29) is 128 Å². The molecule has 2 aromatic carbocycles. The summed E-state index contributed by atoms with van der Waals surface area (Å²) in [6.45, 7) is 3.73. The van der Waals surface area contributed by atoms with Crippen molar-refractivity contribution in [3.8, 4) is 17.2 Å². The molecule has 7 atom stereocenters. The van der Waals surface area contributed by atoms with Crippen molar-refractivity contribution < 1.29 is 97.5 Å². The number of carbonyl (C=O) groups is 7. The van der Waals surface area contributed by atoms with Crippen LogP contribution in [0.15, 0.2) is 60.1 Å². The number of ether oxygens (including phenoxy) is 6. The fraction of sp³-hybridized carbons (Fsp3) is 0.440. The predicted molar refractivity (Wildman–Crippen MR) is 278 cm³/mol. The number of aliphatic hydroxyl groups excluding tert-OH is 5. The van der Waals surface area contributed by atoms with Gasteiger partial charge in [-0.1, -0.05) is 18.2 Å². The largest absolute Gasteiger partial charge is 0.493 e. The van der Waals surface area contributed by atoms with E-state index >= 15 is 0 Å². The first-order valence-electron chi connectivity index (χ1n) is 24.8. The SMILES string of the molecule is C=C1C[C@H]2C(O)N(C(=O)OCc3ccc(O[C@@H]4O[C@H](C(=O)O)[C@@H](O)[C@H](O)[C@H]4O)c(C(=O)NCCOCCON)c3)c3cc(OCCCC(=O)Nc4cc(C(=O)Nc5nc(C(=O)NCCCO)cs5)n(C)c4)c(OC)cc3C(=O)N2C1. The fourth-order valence-corrected chi connectivity index (χ4v) is 9.31. The van der Waals surface area contributed by atoms with E-state index < -0.39 is 91.2 Å². The van der Waals surface area contributed by atoms with E-state index in [1.807, 2.05) is 0 Å². The molecular weight excluding hydrogens is 1080 g/mol. The number of fused-ring (bicyclic) bond motifs is 2. The van der Waals surface area contributed by atoms with Crippen LogP contribution >= 0.6 is 11.3 Å². The van der Waals surface area contributed by atoms with Gasteiger partial charge in [-0.15, -0.1) is 11.3 Å². The average molecular weight is 1140 g/mol. The van der Waals surface area contributed by atoms with E-state index in [1.165, 1.54) is 64.6 Å². The van der Waals surface area contributed by atoms with Crippen molar-refractivity contribution in [2.75, 3.05) is 75.3 Å². The summed E-state index contributed by atoms with van der Waals surface area (Å²) < 4.78 is 35.2. The van der Waals surface area contributed by atoms with Crippen LogP contribution in [-0.2, 0) is 42.3 Å². The molecule has 0 spiro atoms. The van der Waals surface area contributed by atoms with Crippen LogP contribution in [-0.4, -0.2) is 189 Å². The molecule has 432 valence electrons. The van der Waals surface area contributed by atoms with Crippen LogP contribution in [0.1, 0.15) is 72.9 Å². The van der Waals surface area contributed by atoms with Gasteiger partial charge in [0.25, 0.3) is 23.6 Å². The lowest BCUT2D eigenvalue weighted by Crippen LogP contribution is -2.61. The third-order valence-corrected chi connectivity index (χ3v) is 13.4. The normalized spacial score (nSPS) is 20.5. The molecule has 3 aliphatic heterocycles. The quantitative estimate of drug-likeness (QED) is 0.0233. The molecule has 4 aromatic rings. The molecular formula is C50H61N9O20S. The first-order chi connectivity index (χ1) is 38.3. The van der Waals surface area contributed by atoms with Gasteiger partial charge in [0.1, 0.15) is 42.1 Å². The minimum Gasteiger partial charge on any atom is -0.493 e. The summed E-state index contributed by atoms with van der Waals surface area (Å²) in [6.07, 6.45) is -10.7. The Morgan fingerprint density at radius 3 is 2.41 bits per heavy atom. The lowest BCUT2D eigenvalue weighted by atomic mass is 9.99. The summed E-state index contributed by atoms with van der Waals surface area (Å²) in [6, 6.07) is 6.97. The number of methoxy groups -OCH3 is 1. The number of carboxylic acid groups (broad SMARTS) is 1. The number of thiazole rings is 1. The number of aryl methyl sites for hydroxylation is 1. The fourth-order valence-electron chi connectivity index (χ4n) is 8.63. The van der Waals surface area contributed by atoms with Crippen molar-refractivity contribution in [3.63, 3.8) is 0 Å². The number of hydrogen-bond donors (Lipinski definition) is 11. The molecule has 1 unspecified atom stereocenters. The van der Waals surface area contributed by atoms with E-state index in [0.717, 1.165) is 16.2 Å². The highest BCUT2D eigenvalue weighted by atomic mass is 32.1. The Morgan fingerprint density at radius 1 is 0.900 bits per heavy atom. The van der Waals surface area contributed by atoms with Crippen LogP contribution in [0.5, 0.6) is 17.2 Å². The van der Waals surface area contributed by atoms with Crippen molar-refractivity contribution in [1.82, 2.24) is 25.1 Å². The Kier molecular flexibility index (Phi) is 20.5. The zero-order valence-electron chi connectivity index (χ0n) is 43.2. The van der Waals surface area contributed by atoms with Crippen molar-refractivity contribution in [2.45, 2.75) is 75.3 Å². The van der Waals surface area contributed by atoms with Crippen molar-refractivity contribution >= 4 is 69.4 Å². The zero-order valence-corrected chi connectivity index (χ0v) is 44.0. The molecule has 29 nitrogen and oxygen atoms in total. The van der Waals surface area contributed by atoms with Gasteiger partial charge >= 0.3 is 12.1 Å². The minimum absolute atomic E-state index is 0.0126. The molecule has 0 bridgehead atoms. The Balaban J connectivity index is 1.03. The zero-order chi connectivity index (χ0) is 57.8. The number of amides is 6. The number of aliphatic hydroxyl groups is 5. The number of rotatable bonds is 25. The number of nitrogens with one attached hydrogen (secondary N) is 4. The van der Waals surface area contributed by atoms with Crippen molar-refractivity contribution in [1.29, 1.82) is 0 Å². The highest BCUT2D eigenvalue weighted by molar-refractivity contribution is 7.14. The van der Waals surface area contributed by atoms with Gasteiger partial charge in [0.05, 0.1) is 62.1 Å². The van der Waals surface area contributed by atoms with E-state index in [2.05, 4.69) is 37.7 Å². The van der Waals surface area contributed by atoms with E-state index in [0.29, 0.717) is 17.7 Å². The van der Waals surface area contributed by atoms with Crippen LogP contribution in [0, 0.1) is 0 Å². The number of hydrogen-bond acceptors (Lipinski definition) is 22. The third-order valence-electron chi connectivity index (χ3n) is 12.6. The minimum atomic E-state index is -2.02. The topological polar surface area (TPSA) is 404 Å². The number of carbonyl (C=O) groups excluding carboxylic acids is 6. The van der Waals surface area contributed by atoms with E-state index in [4.69, 9.17) is 39.4 Å². The Bertz CT molecular complexity index is 2940. The maximum Gasteiger partial charge on any atom is 0.416 e. The average Bonchev–Trinajstić information content (AvgIpc) is 4.26. The first kappa shape index (κ1) is 59.9. The van der Waals surface area contributed by atoms with Crippen LogP contribution in [0.3, 0.4) is 0 Å². The molecule has 7 rings (SSSR count). The van der Waals surface area contributed by atoms with Crippen molar-refractivity contribution in [2.24, 2.45) is 12.9 Å². The highest BCUT2D eigenvalue weighted by Crippen LogP contribution is 2.42. The Hall–Kier alpha value is -7.78. The number of anilines is 3. The molecule has 2 aromatic heterocycles. The second kappa shape index (κ2) is 27.4. The first-order valence-corrected chi connectivity index (χ1v) is 25.7. The molecule has 0 radical (unpaired) electrons. The smallest absolute Gasteiger partial charge is 0.416 e. The third kappa shape index (κ3) is 14.3. The molecule has 12 N–H and O–H groups in total. The highest BCUT2D eigenvalue weighted by Gasteiger charge is 2.49. The number of aromatic nitrogens is 2. The number of aliphatic carboxylic acids is 1. The molecule has 0 saturated carbocycles. The van der Waals surface area contributed by atoms with Gasteiger partial charge in [-0.2, -0.15) is 0 Å².